The Morgan fingerprint density at radius 1 is 1.00 bits per heavy atom. The van der Waals surface area contributed by atoms with Gasteiger partial charge in [0.2, 0.25) is 5.76 Å². The normalized spacial score (nSPS) is 10.9. The number of thiazole rings is 1. The van der Waals surface area contributed by atoms with Crippen LogP contribution in [-0.2, 0) is 0 Å². The van der Waals surface area contributed by atoms with Gasteiger partial charge in [0.1, 0.15) is 16.3 Å². The quantitative estimate of drug-likeness (QED) is 0.222. The molecule has 0 fully saturated rings. The number of carbonyl (C=O) groups is 1. The second-order valence-corrected chi connectivity index (χ2v) is 7.28. The van der Waals surface area contributed by atoms with Crippen LogP contribution in [0.5, 0.6) is 5.75 Å². The number of carbonyl (C=O) groups excluding carboxylic acids is 1. The lowest BCUT2D eigenvalue weighted by molar-refractivity contribution is 0.0701. The van der Waals surface area contributed by atoms with E-state index in [4.69, 9.17) is 13.6 Å². The number of benzene rings is 2. The summed E-state index contributed by atoms with van der Waals surface area (Å²) in [6.07, 6.45) is 1.39. The van der Waals surface area contributed by atoms with E-state index in [1.54, 1.807) is 24.3 Å². The number of rotatable bonds is 4. The summed E-state index contributed by atoms with van der Waals surface area (Å²) in [4.78, 5) is 29.2. The van der Waals surface area contributed by atoms with Crippen molar-refractivity contribution >= 4 is 28.3 Å². The molecule has 3 heterocycles. The molecule has 6 nitrogen and oxygen atoms in total. The highest BCUT2D eigenvalue weighted by atomic mass is 32.1. The Balaban J connectivity index is 1.47. The van der Waals surface area contributed by atoms with Crippen LogP contribution >= 0.6 is 11.3 Å². The minimum Gasteiger partial charge on any atom is -0.457 e. The topological polar surface area (TPSA) is 82.5 Å². The molecule has 0 N–H and O–H groups in total. The molecule has 0 spiro atoms. The van der Waals surface area contributed by atoms with Crippen LogP contribution in [-0.4, -0.2) is 11.0 Å². The molecule has 2 aromatic carbocycles. The fraction of sp³-hybridized carbons (Fsp3) is 0. The van der Waals surface area contributed by atoms with E-state index in [9.17, 15) is 9.59 Å². The van der Waals surface area contributed by atoms with Crippen molar-refractivity contribution in [2.45, 2.75) is 0 Å². The van der Waals surface area contributed by atoms with Crippen LogP contribution in [0.2, 0.25) is 0 Å². The summed E-state index contributed by atoms with van der Waals surface area (Å²) in [7, 11) is 0. The Labute approximate surface area is 174 Å². The van der Waals surface area contributed by atoms with Crippen LogP contribution in [0, 0.1) is 0 Å². The summed E-state index contributed by atoms with van der Waals surface area (Å²) in [5.74, 6) is -0.292. The number of fused-ring (bicyclic) bond motifs is 1. The molecule has 146 valence electrons. The van der Waals surface area contributed by atoms with Gasteiger partial charge in [-0.3, -0.25) is 0 Å². The Hall–Kier alpha value is -3.97. The van der Waals surface area contributed by atoms with E-state index < -0.39 is 11.6 Å². The van der Waals surface area contributed by atoms with Gasteiger partial charge in [-0.05, 0) is 30.3 Å². The molecule has 0 radical (unpaired) electrons. The number of aromatic nitrogens is 1. The van der Waals surface area contributed by atoms with Crippen molar-refractivity contribution in [3.05, 3.63) is 94.6 Å². The summed E-state index contributed by atoms with van der Waals surface area (Å²) >= 11 is 1.38. The molecule has 5 aromatic rings. The van der Waals surface area contributed by atoms with Crippen LogP contribution in [0.15, 0.2) is 92.0 Å². The van der Waals surface area contributed by atoms with Crippen molar-refractivity contribution in [1.82, 2.24) is 4.98 Å². The second kappa shape index (κ2) is 7.46. The SMILES string of the molecule is O=C(Oc1ccc2cc(-c3nc(-c4ccccc4)cs3)c(=O)oc2c1)c1ccco1. The molecule has 0 bridgehead atoms. The van der Waals surface area contributed by atoms with Crippen molar-refractivity contribution in [2.75, 3.05) is 0 Å². The number of hydrogen-bond donors (Lipinski definition) is 0. The summed E-state index contributed by atoms with van der Waals surface area (Å²) in [6.45, 7) is 0. The monoisotopic (exact) mass is 415 g/mol. The molecule has 7 heteroatoms. The number of furan rings is 1. The van der Waals surface area contributed by atoms with Crippen LogP contribution < -0.4 is 10.4 Å². The van der Waals surface area contributed by atoms with Crippen molar-refractivity contribution in [2.24, 2.45) is 0 Å². The van der Waals surface area contributed by atoms with Gasteiger partial charge in [-0.25, -0.2) is 14.6 Å². The number of ether oxygens (including phenoxy) is 1. The van der Waals surface area contributed by atoms with Crippen molar-refractivity contribution in [1.29, 1.82) is 0 Å². The van der Waals surface area contributed by atoms with E-state index in [-0.39, 0.29) is 11.5 Å². The summed E-state index contributed by atoms with van der Waals surface area (Å²) in [6, 6.07) is 19.4. The molecule has 0 aliphatic heterocycles. The van der Waals surface area contributed by atoms with E-state index in [1.807, 2.05) is 35.7 Å². The highest BCUT2D eigenvalue weighted by molar-refractivity contribution is 7.13. The van der Waals surface area contributed by atoms with Crippen LogP contribution in [0.25, 0.3) is 32.8 Å². The van der Waals surface area contributed by atoms with Gasteiger partial charge in [-0.1, -0.05) is 30.3 Å². The molecule has 0 aliphatic carbocycles. The Morgan fingerprint density at radius 2 is 1.87 bits per heavy atom. The average Bonchev–Trinajstić information content (AvgIpc) is 3.46. The smallest absolute Gasteiger partial charge is 0.379 e. The first-order chi connectivity index (χ1) is 14.7. The zero-order chi connectivity index (χ0) is 20.5. The predicted molar refractivity (Wildman–Crippen MR) is 113 cm³/mol. The highest BCUT2D eigenvalue weighted by Gasteiger charge is 2.15. The predicted octanol–water partition coefficient (Wildman–Crippen LogP) is 5.40. The maximum absolute atomic E-state index is 12.6. The van der Waals surface area contributed by atoms with Gasteiger partial charge in [0.05, 0.1) is 17.5 Å². The number of hydrogen-bond acceptors (Lipinski definition) is 7. The van der Waals surface area contributed by atoms with Crippen molar-refractivity contribution in [3.8, 4) is 27.6 Å². The van der Waals surface area contributed by atoms with Gasteiger partial charge in [-0.2, -0.15) is 0 Å². The molecule has 0 saturated carbocycles. The first kappa shape index (κ1) is 18.1. The third-order valence-electron chi connectivity index (χ3n) is 4.44. The van der Waals surface area contributed by atoms with Gasteiger partial charge < -0.3 is 13.6 Å². The lowest BCUT2D eigenvalue weighted by Crippen LogP contribution is -2.07. The molecule has 0 saturated heterocycles. The first-order valence-electron chi connectivity index (χ1n) is 9.02. The zero-order valence-corrected chi connectivity index (χ0v) is 16.2. The fourth-order valence-corrected chi connectivity index (χ4v) is 3.83. The average molecular weight is 415 g/mol. The van der Waals surface area contributed by atoms with E-state index >= 15 is 0 Å². The molecule has 0 aliphatic rings. The minimum atomic E-state index is -0.630. The van der Waals surface area contributed by atoms with Gasteiger partial charge in [0.15, 0.2) is 0 Å². The van der Waals surface area contributed by atoms with E-state index in [0.717, 1.165) is 11.3 Å². The molecule has 0 amide bonds. The maximum atomic E-state index is 12.6. The second-order valence-electron chi connectivity index (χ2n) is 6.42. The fourth-order valence-electron chi connectivity index (χ4n) is 3.00. The lowest BCUT2D eigenvalue weighted by atomic mass is 10.1. The van der Waals surface area contributed by atoms with E-state index in [2.05, 4.69) is 4.98 Å². The molecule has 5 rings (SSSR count). The third kappa shape index (κ3) is 3.42. The van der Waals surface area contributed by atoms with Gasteiger partial charge in [0, 0.05) is 22.4 Å². The van der Waals surface area contributed by atoms with Gasteiger partial charge in [-0.15, -0.1) is 11.3 Å². The minimum absolute atomic E-state index is 0.0879. The zero-order valence-electron chi connectivity index (χ0n) is 15.4. The van der Waals surface area contributed by atoms with E-state index in [0.29, 0.717) is 21.5 Å². The molecule has 3 aromatic heterocycles. The van der Waals surface area contributed by atoms with Crippen LogP contribution in [0.3, 0.4) is 0 Å². The molecule has 0 atom stereocenters. The Bertz CT molecular complexity index is 1400. The Morgan fingerprint density at radius 3 is 2.67 bits per heavy atom. The van der Waals surface area contributed by atoms with Gasteiger partial charge >= 0.3 is 11.6 Å². The summed E-state index contributed by atoms with van der Waals surface area (Å²) < 4.78 is 15.8. The molecular formula is C23H13NO5S. The number of nitrogens with zero attached hydrogens (tertiary/aromatic N) is 1. The number of esters is 1. The van der Waals surface area contributed by atoms with Crippen LogP contribution in [0.4, 0.5) is 0 Å². The largest absolute Gasteiger partial charge is 0.457 e. The summed E-state index contributed by atoms with van der Waals surface area (Å²) in [5.41, 5.74) is 1.97. The van der Waals surface area contributed by atoms with Gasteiger partial charge in [0.25, 0.3) is 0 Å². The lowest BCUT2D eigenvalue weighted by Gasteiger charge is -2.04. The van der Waals surface area contributed by atoms with Crippen LogP contribution in [0.1, 0.15) is 10.6 Å². The maximum Gasteiger partial charge on any atom is 0.379 e. The molecule has 30 heavy (non-hydrogen) atoms. The third-order valence-corrected chi connectivity index (χ3v) is 5.32. The summed E-state index contributed by atoms with van der Waals surface area (Å²) in [5, 5.41) is 3.18. The highest BCUT2D eigenvalue weighted by Crippen LogP contribution is 2.29. The standard InChI is InChI=1S/C23H13NO5S/c25-22-17(21-24-18(13-30-21)14-5-2-1-3-6-14)11-15-8-9-16(12-20(15)29-22)28-23(26)19-7-4-10-27-19/h1-13H. The molecular weight excluding hydrogens is 402 g/mol. The molecule has 0 unspecified atom stereocenters. The first-order valence-corrected chi connectivity index (χ1v) is 9.90. The van der Waals surface area contributed by atoms with Crippen molar-refractivity contribution < 1.29 is 18.4 Å². The van der Waals surface area contributed by atoms with E-state index in [1.165, 1.54) is 29.7 Å². The van der Waals surface area contributed by atoms with Crippen molar-refractivity contribution in [3.63, 3.8) is 0 Å². The Kier molecular flexibility index (Phi) is 4.49.